The molecular formula is C16H21NO2. The highest BCUT2D eigenvalue weighted by molar-refractivity contribution is 5.80. The topological polar surface area (TPSA) is 29.5 Å². The molecule has 1 aromatic rings. The molecule has 1 aliphatic rings. The first-order chi connectivity index (χ1) is 9.24. The highest BCUT2D eigenvalue weighted by atomic mass is 16.5. The number of carbonyl (C=O) groups excluding carboxylic acids is 1. The zero-order valence-electron chi connectivity index (χ0n) is 11.5. The summed E-state index contributed by atoms with van der Waals surface area (Å²) in [6.45, 7) is 5.54. The van der Waals surface area contributed by atoms with E-state index in [9.17, 15) is 4.79 Å². The number of amides is 1. The smallest absolute Gasteiger partial charge is 0.227 e. The Morgan fingerprint density at radius 3 is 2.74 bits per heavy atom. The SMILES string of the molecule is C=Cc1ccc(OC)c(CC(=O)N2CCCCC2)c1. The van der Waals surface area contributed by atoms with Crippen molar-refractivity contribution in [2.24, 2.45) is 0 Å². The van der Waals surface area contributed by atoms with Crippen molar-refractivity contribution >= 4 is 12.0 Å². The Balaban J connectivity index is 2.12. The number of piperidine rings is 1. The average Bonchev–Trinajstić information content (AvgIpc) is 2.48. The van der Waals surface area contributed by atoms with E-state index in [-0.39, 0.29) is 5.91 Å². The van der Waals surface area contributed by atoms with E-state index < -0.39 is 0 Å². The van der Waals surface area contributed by atoms with Crippen LogP contribution in [0.2, 0.25) is 0 Å². The van der Waals surface area contributed by atoms with Gasteiger partial charge in [-0.3, -0.25) is 4.79 Å². The third kappa shape index (κ3) is 3.37. The van der Waals surface area contributed by atoms with Crippen LogP contribution in [0.25, 0.3) is 6.08 Å². The molecule has 0 N–H and O–H groups in total. The molecule has 1 saturated heterocycles. The van der Waals surface area contributed by atoms with Crippen LogP contribution in [0, 0.1) is 0 Å². The van der Waals surface area contributed by atoms with E-state index >= 15 is 0 Å². The third-order valence-electron chi connectivity index (χ3n) is 3.59. The van der Waals surface area contributed by atoms with E-state index in [2.05, 4.69) is 6.58 Å². The average molecular weight is 259 g/mol. The van der Waals surface area contributed by atoms with Gasteiger partial charge in [-0.2, -0.15) is 0 Å². The molecule has 3 heteroatoms. The number of hydrogen-bond acceptors (Lipinski definition) is 2. The van der Waals surface area contributed by atoms with E-state index in [1.165, 1.54) is 6.42 Å². The summed E-state index contributed by atoms with van der Waals surface area (Å²) in [5, 5.41) is 0. The predicted molar refractivity (Wildman–Crippen MR) is 77.2 cm³/mol. The zero-order chi connectivity index (χ0) is 13.7. The van der Waals surface area contributed by atoms with Crippen LogP contribution in [0.4, 0.5) is 0 Å². The second-order valence-electron chi connectivity index (χ2n) is 4.89. The molecule has 0 aromatic heterocycles. The second-order valence-corrected chi connectivity index (χ2v) is 4.89. The summed E-state index contributed by atoms with van der Waals surface area (Å²) in [6.07, 6.45) is 5.67. The van der Waals surface area contributed by atoms with E-state index in [1.54, 1.807) is 13.2 Å². The summed E-state index contributed by atoms with van der Waals surface area (Å²) in [4.78, 5) is 14.2. The monoisotopic (exact) mass is 259 g/mol. The lowest BCUT2D eigenvalue weighted by Crippen LogP contribution is -2.36. The number of carbonyl (C=O) groups is 1. The minimum absolute atomic E-state index is 0.194. The molecule has 1 fully saturated rings. The second kappa shape index (κ2) is 6.41. The number of rotatable bonds is 4. The van der Waals surface area contributed by atoms with E-state index in [1.807, 2.05) is 23.1 Å². The lowest BCUT2D eigenvalue weighted by atomic mass is 10.0. The van der Waals surface area contributed by atoms with Crippen molar-refractivity contribution in [1.82, 2.24) is 4.90 Å². The number of methoxy groups -OCH3 is 1. The minimum atomic E-state index is 0.194. The van der Waals surface area contributed by atoms with Gasteiger partial charge in [-0.05, 0) is 37.0 Å². The number of hydrogen-bond donors (Lipinski definition) is 0. The molecule has 0 saturated carbocycles. The van der Waals surface area contributed by atoms with Crippen LogP contribution < -0.4 is 4.74 Å². The Hall–Kier alpha value is -1.77. The van der Waals surface area contributed by atoms with Crippen molar-refractivity contribution in [3.05, 3.63) is 35.9 Å². The first-order valence-corrected chi connectivity index (χ1v) is 6.81. The molecule has 1 aromatic carbocycles. The fourth-order valence-electron chi connectivity index (χ4n) is 2.48. The van der Waals surface area contributed by atoms with Crippen LogP contribution in [-0.2, 0) is 11.2 Å². The predicted octanol–water partition coefficient (Wildman–Crippen LogP) is 2.89. The standard InChI is InChI=1S/C16H21NO2/c1-3-13-7-8-15(19-2)14(11-13)12-16(18)17-9-5-4-6-10-17/h3,7-8,11H,1,4-6,9-10,12H2,2H3. The first kappa shape index (κ1) is 13.7. The maximum absolute atomic E-state index is 12.3. The maximum Gasteiger partial charge on any atom is 0.227 e. The van der Waals surface area contributed by atoms with Gasteiger partial charge >= 0.3 is 0 Å². The van der Waals surface area contributed by atoms with Crippen LogP contribution in [0.3, 0.4) is 0 Å². The van der Waals surface area contributed by atoms with Crippen molar-refractivity contribution in [2.45, 2.75) is 25.7 Å². The van der Waals surface area contributed by atoms with E-state index in [0.29, 0.717) is 6.42 Å². The molecule has 2 rings (SSSR count). The van der Waals surface area contributed by atoms with Crippen LogP contribution in [0.1, 0.15) is 30.4 Å². The third-order valence-corrected chi connectivity index (χ3v) is 3.59. The van der Waals surface area contributed by atoms with Crippen LogP contribution in [0.5, 0.6) is 5.75 Å². The van der Waals surface area contributed by atoms with Crippen molar-refractivity contribution in [1.29, 1.82) is 0 Å². The van der Waals surface area contributed by atoms with Crippen LogP contribution in [-0.4, -0.2) is 31.0 Å². The Morgan fingerprint density at radius 2 is 2.11 bits per heavy atom. The molecule has 19 heavy (non-hydrogen) atoms. The Bertz CT molecular complexity index is 462. The van der Waals surface area contributed by atoms with Gasteiger partial charge in [0.25, 0.3) is 0 Å². The molecule has 1 heterocycles. The van der Waals surface area contributed by atoms with Gasteiger partial charge in [-0.25, -0.2) is 0 Å². The zero-order valence-corrected chi connectivity index (χ0v) is 11.5. The quantitative estimate of drug-likeness (QED) is 0.832. The van der Waals surface area contributed by atoms with Gasteiger partial charge < -0.3 is 9.64 Å². The molecule has 1 aliphatic heterocycles. The largest absolute Gasteiger partial charge is 0.496 e. The molecule has 0 aliphatic carbocycles. The highest BCUT2D eigenvalue weighted by Gasteiger charge is 2.18. The van der Waals surface area contributed by atoms with Gasteiger partial charge in [-0.15, -0.1) is 0 Å². The molecule has 0 radical (unpaired) electrons. The molecule has 0 unspecified atom stereocenters. The molecule has 0 atom stereocenters. The molecule has 0 spiro atoms. The van der Waals surface area contributed by atoms with E-state index in [4.69, 9.17) is 4.74 Å². The maximum atomic E-state index is 12.3. The lowest BCUT2D eigenvalue weighted by Gasteiger charge is -2.27. The molecular weight excluding hydrogens is 238 g/mol. The van der Waals surface area contributed by atoms with Crippen molar-refractivity contribution in [3.63, 3.8) is 0 Å². The van der Waals surface area contributed by atoms with Gasteiger partial charge in [0.15, 0.2) is 0 Å². The summed E-state index contributed by atoms with van der Waals surface area (Å²) < 4.78 is 5.33. The molecule has 3 nitrogen and oxygen atoms in total. The number of benzene rings is 1. The van der Waals surface area contributed by atoms with Crippen LogP contribution in [0.15, 0.2) is 24.8 Å². The molecule has 0 bridgehead atoms. The van der Waals surface area contributed by atoms with Crippen molar-refractivity contribution in [3.8, 4) is 5.75 Å². The number of ether oxygens (including phenoxy) is 1. The minimum Gasteiger partial charge on any atom is -0.496 e. The van der Waals surface area contributed by atoms with Gasteiger partial charge in [0.05, 0.1) is 13.5 Å². The van der Waals surface area contributed by atoms with Crippen molar-refractivity contribution in [2.75, 3.05) is 20.2 Å². The summed E-state index contributed by atoms with van der Waals surface area (Å²) in [5.74, 6) is 0.968. The van der Waals surface area contributed by atoms with Crippen molar-refractivity contribution < 1.29 is 9.53 Å². The van der Waals surface area contributed by atoms with E-state index in [0.717, 1.165) is 42.8 Å². The number of likely N-dealkylation sites (tertiary alicyclic amines) is 1. The number of nitrogens with zero attached hydrogens (tertiary/aromatic N) is 1. The summed E-state index contributed by atoms with van der Waals surface area (Å²) in [5.41, 5.74) is 1.96. The normalized spacial score (nSPS) is 15.1. The fraction of sp³-hybridized carbons (Fsp3) is 0.438. The van der Waals surface area contributed by atoms with Crippen LogP contribution >= 0.6 is 0 Å². The Kier molecular flexibility index (Phi) is 4.61. The highest BCUT2D eigenvalue weighted by Crippen LogP contribution is 2.22. The lowest BCUT2D eigenvalue weighted by molar-refractivity contribution is -0.131. The Labute approximate surface area is 114 Å². The summed E-state index contributed by atoms with van der Waals surface area (Å²) in [7, 11) is 1.64. The van der Waals surface area contributed by atoms with Gasteiger partial charge in [0.2, 0.25) is 5.91 Å². The first-order valence-electron chi connectivity index (χ1n) is 6.81. The summed E-state index contributed by atoms with van der Waals surface area (Å²) in [6, 6.07) is 5.82. The summed E-state index contributed by atoms with van der Waals surface area (Å²) >= 11 is 0. The molecule has 1 amide bonds. The van der Waals surface area contributed by atoms with Gasteiger partial charge in [0.1, 0.15) is 5.75 Å². The van der Waals surface area contributed by atoms with Gasteiger partial charge in [0, 0.05) is 18.7 Å². The molecule has 102 valence electrons. The fourth-order valence-corrected chi connectivity index (χ4v) is 2.48. The Morgan fingerprint density at radius 1 is 1.37 bits per heavy atom. The van der Waals surface area contributed by atoms with Gasteiger partial charge in [-0.1, -0.05) is 18.7 Å².